The lowest BCUT2D eigenvalue weighted by Gasteiger charge is -2.34. The highest BCUT2D eigenvalue weighted by atomic mass is 16.6. The number of carbonyl (C=O) groups excluding carboxylic acids is 1. The van der Waals surface area contributed by atoms with E-state index in [1.165, 1.54) is 9.58 Å². The Labute approximate surface area is 130 Å². The summed E-state index contributed by atoms with van der Waals surface area (Å²) in [5, 5.41) is 13.8. The normalized spacial score (nSPS) is 13.1. The highest BCUT2D eigenvalue weighted by Gasteiger charge is 2.37. The summed E-state index contributed by atoms with van der Waals surface area (Å²) in [6.45, 7) is 10.5. The minimum Gasteiger partial charge on any atom is -0.479 e. The van der Waals surface area contributed by atoms with Crippen molar-refractivity contribution in [1.82, 2.24) is 14.7 Å². The molecule has 124 valence electrons. The van der Waals surface area contributed by atoms with Crippen molar-refractivity contribution >= 4 is 12.1 Å². The summed E-state index contributed by atoms with van der Waals surface area (Å²) in [4.78, 5) is 25.5. The van der Waals surface area contributed by atoms with Gasteiger partial charge >= 0.3 is 12.1 Å². The Morgan fingerprint density at radius 2 is 1.91 bits per heavy atom. The minimum absolute atomic E-state index is 0.337. The van der Waals surface area contributed by atoms with E-state index in [1.807, 2.05) is 0 Å². The predicted octanol–water partition coefficient (Wildman–Crippen LogP) is 2.50. The van der Waals surface area contributed by atoms with Crippen LogP contribution in [0.2, 0.25) is 0 Å². The molecule has 0 aliphatic carbocycles. The minimum atomic E-state index is -1.14. The van der Waals surface area contributed by atoms with E-state index in [4.69, 9.17) is 4.74 Å². The van der Waals surface area contributed by atoms with Crippen molar-refractivity contribution in [2.45, 2.75) is 59.2 Å². The molecular formula is C15H25N3O4. The molecule has 0 aliphatic heterocycles. The summed E-state index contributed by atoms with van der Waals surface area (Å²) in [5.74, 6) is -1.12. The van der Waals surface area contributed by atoms with Crippen LogP contribution in [-0.2, 0) is 16.6 Å². The van der Waals surface area contributed by atoms with Crippen molar-refractivity contribution in [2.75, 3.05) is 0 Å². The standard InChI is InChI=1S/C15H25N3O4/c1-9(2)18(14(21)22-15(4,5)6)12(13(19)20)11-8-17(7)16-10(11)3/h8-9,12H,1-7H3,(H,19,20). The van der Waals surface area contributed by atoms with Crippen molar-refractivity contribution in [3.05, 3.63) is 17.5 Å². The van der Waals surface area contributed by atoms with Gasteiger partial charge in [0.15, 0.2) is 6.04 Å². The zero-order chi connectivity index (χ0) is 17.2. The Bertz CT molecular complexity index is 558. The lowest BCUT2D eigenvalue weighted by Crippen LogP contribution is -2.46. The van der Waals surface area contributed by atoms with Gasteiger partial charge in [0.2, 0.25) is 0 Å². The Kier molecular flexibility index (Phi) is 5.22. The quantitative estimate of drug-likeness (QED) is 0.923. The van der Waals surface area contributed by atoms with Gasteiger partial charge in [0, 0.05) is 24.8 Å². The van der Waals surface area contributed by atoms with Crippen LogP contribution in [0.3, 0.4) is 0 Å². The van der Waals surface area contributed by atoms with Gasteiger partial charge in [0.05, 0.1) is 5.69 Å². The lowest BCUT2D eigenvalue weighted by atomic mass is 10.1. The maximum atomic E-state index is 12.5. The van der Waals surface area contributed by atoms with E-state index < -0.39 is 23.7 Å². The number of hydrogen-bond donors (Lipinski definition) is 1. The molecule has 0 saturated carbocycles. The number of ether oxygens (including phenoxy) is 1. The molecule has 0 bridgehead atoms. The fraction of sp³-hybridized carbons (Fsp3) is 0.667. The first-order valence-corrected chi connectivity index (χ1v) is 7.18. The van der Waals surface area contributed by atoms with E-state index in [0.717, 1.165) is 0 Å². The van der Waals surface area contributed by atoms with Gasteiger partial charge in [0.25, 0.3) is 0 Å². The zero-order valence-corrected chi connectivity index (χ0v) is 14.2. The van der Waals surface area contributed by atoms with E-state index in [-0.39, 0.29) is 6.04 Å². The Hall–Kier alpha value is -2.05. The van der Waals surface area contributed by atoms with Crippen LogP contribution in [0.15, 0.2) is 6.20 Å². The second-order valence-corrected chi connectivity index (χ2v) is 6.57. The third-order valence-electron chi connectivity index (χ3n) is 3.02. The molecule has 7 nitrogen and oxygen atoms in total. The molecule has 0 radical (unpaired) electrons. The third-order valence-corrected chi connectivity index (χ3v) is 3.02. The van der Waals surface area contributed by atoms with Crippen LogP contribution in [-0.4, -0.2) is 43.5 Å². The smallest absolute Gasteiger partial charge is 0.411 e. The lowest BCUT2D eigenvalue weighted by molar-refractivity contribution is -0.144. The number of rotatable bonds is 4. The van der Waals surface area contributed by atoms with Crippen LogP contribution in [0, 0.1) is 6.92 Å². The number of hydrogen-bond acceptors (Lipinski definition) is 4. The number of aryl methyl sites for hydroxylation is 2. The van der Waals surface area contributed by atoms with Gasteiger partial charge in [-0.15, -0.1) is 0 Å². The number of amides is 1. The largest absolute Gasteiger partial charge is 0.479 e. The number of carboxylic acids is 1. The first-order valence-electron chi connectivity index (χ1n) is 7.18. The highest BCUT2D eigenvalue weighted by molar-refractivity contribution is 5.82. The van der Waals surface area contributed by atoms with Crippen molar-refractivity contribution < 1.29 is 19.4 Å². The van der Waals surface area contributed by atoms with Crippen LogP contribution < -0.4 is 0 Å². The van der Waals surface area contributed by atoms with Gasteiger partial charge in [-0.05, 0) is 41.5 Å². The Morgan fingerprint density at radius 1 is 1.36 bits per heavy atom. The van der Waals surface area contributed by atoms with Gasteiger partial charge < -0.3 is 9.84 Å². The molecule has 7 heteroatoms. The molecule has 1 aromatic rings. The molecule has 1 heterocycles. The number of carbonyl (C=O) groups is 2. The molecule has 1 atom stereocenters. The van der Waals surface area contributed by atoms with E-state index >= 15 is 0 Å². The summed E-state index contributed by atoms with van der Waals surface area (Å²) in [5.41, 5.74) is 0.357. The van der Waals surface area contributed by atoms with Crippen LogP contribution in [0.1, 0.15) is 51.9 Å². The monoisotopic (exact) mass is 311 g/mol. The Balaban J connectivity index is 3.27. The van der Waals surface area contributed by atoms with Gasteiger partial charge in [0.1, 0.15) is 5.60 Å². The topological polar surface area (TPSA) is 84.7 Å². The van der Waals surface area contributed by atoms with Crippen molar-refractivity contribution in [2.24, 2.45) is 7.05 Å². The molecule has 0 aromatic carbocycles. The maximum absolute atomic E-state index is 12.5. The van der Waals surface area contributed by atoms with Gasteiger partial charge in [-0.2, -0.15) is 5.10 Å². The molecule has 1 rings (SSSR count). The van der Waals surface area contributed by atoms with Crippen molar-refractivity contribution in [3.63, 3.8) is 0 Å². The molecule has 1 N–H and O–H groups in total. The molecule has 1 amide bonds. The molecular weight excluding hydrogens is 286 g/mol. The van der Waals surface area contributed by atoms with Crippen LogP contribution in [0.4, 0.5) is 4.79 Å². The van der Waals surface area contributed by atoms with Crippen molar-refractivity contribution in [3.8, 4) is 0 Å². The molecule has 0 spiro atoms. The fourth-order valence-corrected chi connectivity index (χ4v) is 2.22. The number of aliphatic carboxylic acids is 1. The number of carboxylic acid groups (broad SMARTS) is 1. The third kappa shape index (κ3) is 4.22. The molecule has 0 aliphatic rings. The summed E-state index contributed by atoms with van der Waals surface area (Å²) < 4.78 is 6.89. The van der Waals surface area contributed by atoms with E-state index in [9.17, 15) is 14.7 Å². The molecule has 22 heavy (non-hydrogen) atoms. The van der Waals surface area contributed by atoms with E-state index in [0.29, 0.717) is 11.3 Å². The van der Waals surface area contributed by atoms with E-state index in [2.05, 4.69) is 5.10 Å². The number of aromatic nitrogens is 2. The summed E-state index contributed by atoms with van der Waals surface area (Å²) in [6, 6.07) is -1.47. The molecule has 1 aromatic heterocycles. The molecule has 0 saturated heterocycles. The first kappa shape index (κ1) is 18.0. The first-order chi connectivity index (χ1) is 9.94. The average molecular weight is 311 g/mol. The van der Waals surface area contributed by atoms with Crippen LogP contribution in [0.5, 0.6) is 0 Å². The summed E-state index contributed by atoms with van der Waals surface area (Å²) >= 11 is 0. The molecule has 0 fully saturated rings. The zero-order valence-electron chi connectivity index (χ0n) is 14.2. The van der Waals surface area contributed by atoms with E-state index in [1.54, 1.807) is 54.8 Å². The number of nitrogens with zero attached hydrogens (tertiary/aromatic N) is 3. The van der Waals surface area contributed by atoms with Crippen molar-refractivity contribution in [1.29, 1.82) is 0 Å². The average Bonchev–Trinajstić information content (AvgIpc) is 2.61. The van der Waals surface area contributed by atoms with Gasteiger partial charge in [-0.25, -0.2) is 9.59 Å². The summed E-state index contributed by atoms with van der Waals surface area (Å²) in [7, 11) is 1.71. The van der Waals surface area contributed by atoms with Gasteiger partial charge in [-0.1, -0.05) is 0 Å². The summed E-state index contributed by atoms with van der Waals surface area (Å²) in [6.07, 6.45) is 0.964. The SMILES string of the molecule is Cc1nn(C)cc1C(C(=O)O)N(C(=O)OC(C)(C)C)C(C)C. The fourth-order valence-electron chi connectivity index (χ4n) is 2.22. The predicted molar refractivity (Wildman–Crippen MR) is 81.5 cm³/mol. The van der Waals surface area contributed by atoms with Gasteiger partial charge in [-0.3, -0.25) is 9.58 Å². The molecule has 1 unspecified atom stereocenters. The van der Waals surface area contributed by atoms with Crippen LogP contribution >= 0.6 is 0 Å². The van der Waals surface area contributed by atoms with Crippen LogP contribution in [0.25, 0.3) is 0 Å². The highest BCUT2D eigenvalue weighted by Crippen LogP contribution is 2.27. The second-order valence-electron chi connectivity index (χ2n) is 6.57. The Morgan fingerprint density at radius 3 is 2.23 bits per heavy atom. The maximum Gasteiger partial charge on any atom is 0.411 e. The second kappa shape index (κ2) is 6.37.